The fraction of sp³-hybridized carbons (Fsp3) is 0.844. The quantitative estimate of drug-likeness (QED) is 0.0212. The van der Waals surface area contributed by atoms with E-state index < -0.39 is 20.0 Å². The first-order valence-electron chi connectivity index (χ1n) is 37.6. The van der Waals surface area contributed by atoms with Crippen LogP contribution in [0.3, 0.4) is 0 Å². The number of likely N-dealkylation sites (N-methyl/N-ethyl adjacent to an activating group) is 1. The van der Waals surface area contributed by atoms with E-state index in [0.717, 1.165) is 83.5 Å². The summed E-state index contributed by atoms with van der Waals surface area (Å²) in [5.74, 6) is -0.533. The van der Waals surface area contributed by atoms with Gasteiger partial charge in [-0.3, -0.25) is 14.2 Å². The molecule has 510 valence electrons. The fourth-order valence-corrected chi connectivity index (χ4v) is 11.8. The van der Waals surface area contributed by atoms with Crippen molar-refractivity contribution in [1.29, 1.82) is 0 Å². The van der Waals surface area contributed by atoms with Gasteiger partial charge in [-0.2, -0.15) is 0 Å². The number of hydrogen-bond donors (Lipinski definition) is 1. The summed E-state index contributed by atoms with van der Waals surface area (Å²) in [6, 6.07) is -0.893. The van der Waals surface area contributed by atoms with Crippen LogP contribution >= 0.6 is 7.82 Å². The molecule has 0 aromatic heterocycles. The van der Waals surface area contributed by atoms with Gasteiger partial charge in [0.1, 0.15) is 19.3 Å². The summed E-state index contributed by atoms with van der Waals surface area (Å²) < 4.78 is 30.5. The highest BCUT2D eigenvalue weighted by atomic mass is 31.2. The van der Waals surface area contributed by atoms with Crippen LogP contribution in [0, 0.1) is 0 Å². The molecule has 0 bridgehead atoms. The Bertz CT molecular complexity index is 1670. The molecule has 0 rings (SSSR count). The number of nitrogens with zero attached hydrogens (tertiary/aromatic N) is 1. The summed E-state index contributed by atoms with van der Waals surface area (Å²) in [7, 11) is 1.19. The van der Waals surface area contributed by atoms with Crippen LogP contribution in [0.5, 0.6) is 0 Å². The number of carbonyl (C=O) groups excluding carboxylic acids is 2. The Hall–Kier alpha value is -2.29. The molecule has 0 aromatic carbocycles. The van der Waals surface area contributed by atoms with Crippen LogP contribution < -0.4 is 10.2 Å². The van der Waals surface area contributed by atoms with Crippen molar-refractivity contribution in [3.8, 4) is 0 Å². The summed E-state index contributed by atoms with van der Waals surface area (Å²) in [6.45, 7) is 6.86. The molecule has 0 saturated heterocycles. The van der Waals surface area contributed by atoms with Crippen molar-refractivity contribution in [2.75, 3.05) is 40.9 Å². The Balaban J connectivity index is 5.02. The molecule has 0 saturated carbocycles. The molecule has 0 aliphatic carbocycles. The molecule has 10 heteroatoms. The molecular weight excluding hydrogens is 1100 g/mol. The van der Waals surface area contributed by atoms with Gasteiger partial charge in [-0.15, -0.1) is 0 Å². The molecular formula is C77H145N2O7P. The zero-order chi connectivity index (χ0) is 63.5. The van der Waals surface area contributed by atoms with Crippen molar-refractivity contribution >= 4 is 19.7 Å². The molecule has 1 N–H and O–H groups in total. The normalized spacial score (nSPS) is 13.8. The number of ether oxygens (including phenoxy) is 1. The van der Waals surface area contributed by atoms with E-state index in [1.54, 1.807) is 0 Å². The van der Waals surface area contributed by atoms with Gasteiger partial charge in [-0.1, -0.05) is 319 Å². The molecule has 0 aliphatic rings. The molecule has 9 nitrogen and oxygen atoms in total. The van der Waals surface area contributed by atoms with Gasteiger partial charge in [0.15, 0.2) is 0 Å². The maximum atomic E-state index is 13.6. The summed E-state index contributed by atoms with van der Waals surface area (Å²) in [5, 5.41) is 3.05. The van der Waals surface area contributed by atoms with E-state index in [1.807, 2.05) is 33.3 Å². The van der Waals surface area contributed by atoms with Crippen LogP contribution in [0.1, 0.15) is 367 Å². The molecule has 3 atom stereocenters. The van der Waals surface area contributed by atoms with E-state index in [0.29, 0.717) is 17.4 Å². The Morgan fingerprint density at radius 3 is 1.08 bits per heavy atom. The molecule has 0 aliphatic heterocycles. The molecule has 0 radical (unpaired) electrons. The van der Waals surface area contributed by atoms with Gasteiger partial charge in [0, 0.05) is 12.8 Å². The highest BCUT2D eigenvalue weighted by Crippen LogP contribution is 2.38. The van der Waals surface area contributed by atoms with Crippen molar-refractivity contribution in [3.05, 3.63) is 60.8 Å². The number of phosphoric acid groups is 1. The molecule has 3 unspecified atom stereocenters. The van der Waals surface area contributed by atoms with Gasteiger partial charge in [-0.25, -0.2) is 0 Å². The van der Waals surface area contributed by atoms with Crippen molar-refractivity contribution in [3.63, 3.8) is 0 Å². The third kappa shape index (κ3) is 67.9. The van der Waals surface area contributed by atoms with Crippen molar-refractivity contribution < 1.29 is 37.3 Å². The number of quaternary nitrogens is 1. The minimum absolute atomic E-state index is 0.0230. The van der Waals surface area contributed by atoms with Gasteiger partial charge in [-0.05, 0) is 96.0 Å². The molecule has 0 fully saturated rings. The number of nitrogens with one attached hydrogen (secondary N) is 1. The minimum atomic E-state index is -4.71. The lowest BCUT2D eigenvalue weighted by molar-refractivity contribution is -0.870. The zero-order valence-electron chi connectivity index (χ0n) is 58.5. The predicted molar refractivity (Wildman–Crippen MR) is 376 cm³/mol. The second kappa shape index (κ2) is 66.6. The maximum Gasteiger partial charge on any atom is 0.306 e. The van der Waals surface area contributed by atoms with Gasteiger partial charge < -0.3 is 28.5 Å². The van der Waals surface area contributed by atoms with Crippen molar-refractivity contribution in [2.24, 2.45) is 0 Å². The Morgan fingerprint density at radius 2 is 0.701 bits per heavy atom. The zero-order valence-corrected chi connectivity index (χ0v) is 59.4. The second-order valence-electron chi connectivity index (χ2n) is 26.8. The first-order valence-corrected chi connectivity index (χ1v) is 39.1. The number of phosphoric ester groups is 1. The maximum absolute atomic E-state index is 13.6. The number of rotatable bonds is 69. The second-order valence-corrected chi connectivity index (χ2v) is 28.2. The molecule has 1 amide bonds. The van der Waals surface area contributed by atoms with Crippen LogP contribution in [-0.2, 0) is 27.9 Å². The van der Waals surface area contributed by atoms with Crippen LogP contribution in [0.15, 0.2) is 60.8 Å². The van der Waals surface area contributed by atoms with E-state index in [2.05, 4.69) is 74.7 Å². The lowest BCUT2D eigenvalue weighted by Gasteiger charge is -2.30. The molecule has 0 aromatic rings. The third-order valence-corrected chi connectivity index (χ3v) is 17.9. The van der Waals surface area contributed by atoms with Crippen LogP contribution in [0.4, 0.5) is 0 Å². The monoisotopic (exact) mass is 1240 g/mol. The van der Waals surface area contributed by atoms with E-state index in [4.69, 9.17) is 13.8 Å². The van der Waals surface area contributed by atoms with Crippen molar-refractivity contribution in [2.45, 2.75) is 380 Å². The number of allylic oxidation sites excluding steroid dienone is 9. The van der Waals surface area contributed by atoms with Gasteiger partial charge in [0.25, 0.3) is 7.82 Å². The first-order chi connectivity index (χ1) is 42.4. The largest absolute Gasteiger partial charge is 0.756 e. The van der Waals surface area contributed by atoms with Crippen molar-refractivity contribution in [1.82, 2.24) is 5.32 Å². The highest BCUT2D eigenvalue weighted by Gasteiger charge is 2.27. The molecule has 0 heterocycles. The average molecular weight is 1240 g/mol. The number of carbonyl (C=O) groups is 2. The highest BCUT2D eigenvalue weighted by molar-refractivity contribution is 7.45. The summed E-state index contributed by atoms with van der Waals surface area (Å²) in [6.07, 6.45) is 86.4. The predicted octanol–water partition coefficient (Wildman–Crippen LogP) is 23.5. The van der Waals surface area contributed by atoms with E-state index in [1.165, 1.54) is 250 Å². The lowest BCUT2D eigenvalue weighted by Crippen LogP contribution is -2.47. The number of esters is 1. The Morgan fingerprint density at radius 1 is 0.402 bits per heavy atom. The lowest BCUT2D eigenvalue weighted by atomic mass is 10.0. The van der Waals surface area contributed by atoms with E-state index in [-0.39, 0.29) is 31.5 Å². The smallest absolute Gasteiger partial charge is 0.306 e. The first kappa shape index (κ1) is 84.7. The van der Waals surface area contributed by atoms with Crippen LogP contribution in [0.2, 0.25) is 0 Å². The molecule has 87 heavy (non-hydrogen) atoms. The van der Waals surface area contributed by atoms with Gasteiger partial charge in [0.2, 0.25) is 5.91 Å². The Kier molecular flexibility index (Phi) is 64.9. The van der Waals surface area contributed by atoms with Gasteiger partial charge in [0.05, 0.1) is 33.8 Å². The van der Waals surface area contributed by atoms with E-state index >= 15 is 0 Å². The standard InChI is InChI=1S/C77H145N2O7P/c1-7-10-13-16-19-22-25-28-30-32-34-36-37-38-39-40-41-43-44-46-48-51-54-57-60-63-66-69-76(80)78-74(73-85-87(82,83)84-72-71-79(4,5)6)75(68-65-62-59-56-53-50-27-24-21-18-15-12-9-3)86-77(81)70-67-64-61-58-55-52-49-47-45-42-35-33-31-29-26-23-20-17-14-11-8-2/h20,23,28-31,35,42,65,68,74-75H,7-19,21-22,24-27,32-34,36-41,43-64,66-67,69-73H2,1-6H3,(H-,78,80,82,83)/b23-20-,30-28+,31-29-,42-35-,68-65-. The topological polar surface area (TPSA) is 114 Å². The van der Waals surface area contributed by atoms with Crippen LogP contribution in [0.25, 0.3) is 0 Å². The Labute approximate surface area is 541 Å². The fourth-order valence-electron chi connectivity index (χ4n) is 11.1. The van der Waals surface area contributed by atoms with Gasteiger partial charge >= 0.3 is 5.97 Å². The number of amides is 1. The number of hydrogen-bond acceptors (Lipinski definition) is 7. The summed E-state index contributed by atoms with van der Waals surface area (Å²) >= 11 is 0. The van der Waals surface area contributed by atoms with Crippen LogP contribution in [-0.4, -0.2) is 69.4 Å². The number of unbranched alkanes of at least 4 members (excludes halogenated alkanes) is 45. The van der Waals surface area contributed by atoms with E-state index in [9.17, 15) is 19.0 Å². The minimum Gasteiger partial charge on any atom is -0.756 e. The average Bonchev–Trinajstić information content (AvgIpc) is 3.70. The third-order valence-electron chi connectivity index (χ3n) is 16.9. The SMILES string of the molecule is CCCCC/C=C\C/C=C\C/C=C\CCCCCCCCCCC(=O)OC(/C=C\CCCCCCCCCCCCC)C(COP(=O)([O-])OCC[N+](C)(C)C)NC(=O)CCCCCCCCCCCCCCCCCCC/C=C/CCCCCCCC. The molecule has 0 spiro atoms. The summed E-state index contributed by atoms with van der Waals surface area (Å²) in [5.41, 5.74) is 0. The summed E-state index contributed by atoms with van der Waals surface area (Å²) in [4.78, 5) is 40.3.